The van der Waals surface area contributed by atoms with Gasteiger partial charge in [-0.1, -0.05) is 30.3 Å². The number of morpholine rings is 1. The molecule has 0 aromatic heterocycles. The molecule has 33 heavy (non-hydrogen) atoms. The van der Waals surface area contributed by atoms with E-state index in [2.05, 4.69) is 5.32 Å². The zero-order valence-electron chi connectivity index (χ0n) is 18.5. The summed E-state index contributed by atoms with van der Waals surface area (Å²) >= 11 is 0. The van der Waals surface area contributed by atoms with E-state index in [1.54, 1.807) is 47.4 Å². The zero-order chi connectivity index (χ0) is 23.0. The van der Waals surface area contributed by atoms with Crippen LogP contribution in [-0.2, 0) is 11.3 Å². The van der Waals surface area contributed by atoms with Gasteiger partial charge in [-0.25, -0.2) is 0 Å². The minimum Gasteiger partial charge on any atom is -0.493 e. The van der Waals surface area contributed by atoms with Crippen LogP contribution in [-0.4, -0.2) is 50.1 Å². The van der Waals surface area contributed by atoms with E-state index in [9.17, 15) is 9.59 Å². The molecule has 0 unspecified atom stereocenters. The van der Waals surface area contributed by atoms with E-state index in [0.29, 0.717) is 61.2 Å². The van der Waals surface area contributed by atoms with Gasteiger partial charge in [-0.2, -0.15) is 0 Å². The molecule has 7 nitrogen and oxygen atoms in total. The molecule has 0 spiro atoms. The van der Waals surface area contributed by atoms with E-state index in [4.69, 9.17) is 14.2 Å². The van der Waals surface area contributed by atoms with E-state index in [1.807, 2.05) is 30.3 Å². The third-order valence-electron chi connectivity index (χ3n) is 5.35. The smallest absolute Gasteiger partial charge is 0.255 e. The lowest BCUT2D eigenvalue weighted by Crippen LogP contribution is -2.40. The van der Waals surface area contributed by atoms with Crippen LogP contribution >= 0.6 is 0 Å². The molecule has 2 amide bonds. The van der Waals surface area contributed by atoms with Crippen LogP contribution in [0.4, 0.5) is 5.69 Å². The van der Waals surface area contributed by atoms with Crippen LogP contribution in [0.3, 0.4) is 0 Å². The van der Waals surface area contributed by atoms with Gasteiger partial charge in [0.2, 0.25) is 0 Å². The first kappa shape index (κ1) is 22.4. The first-order valence-electron chi connectivity index (χ1n) is 10.8. The Morgan fingerprint density at radius 2 is 1.61 bits per heavy atom. The molecule has 3 aromatic carbocycles. The molecule has 1 heterocycles. The van der Waals surface area contributed by atoms with E-state index in [1.165, 1.54) is 7.11 Å². The summed E-state index contributed by atoms with van der Waals surface area (Å²) in [7, 11) is 1.54. The minimum absolute atomic E-state index is 0.0352. The molecule has 1 fully saturated rings. The highest BCUT2D eigenvalue weighted by Gasteiger charge is 2.18. The maximum atomic E-state index is 12.7. The Morgan fingerprint density at radius 1 is 0.909 bits per heavy atom. The van der Waals surface area contributed by atoms with Gasteiger partial charge in [0.15, 0.2) is 11.5 Å². The highest BCUT2D eigenvalue weighted by atomic mass is 16.5. The lowest BCUT2D eigenvalue weighted by atomic mass is 10.1. The highest BCUT2D eigenvalue weighted by Crippen LogP contribution is 2.29. The summed E-state index contributed by atoms with van der Waals surface area (Å²) in [5.41, 5.74) is 2.66. The first-order chi connectivity index (χ1) is 16.1. The number of amides is 2. The van der Waals surface area contributed by atoms with Gasteiger partial charge in [-0.05, 0) is 48.0 Å². The number of carbonyl (C=O) groups is 2. The number of anilines is 1. The average molecular weight is 447 g/mol. The summed E-state index contributed by atoms with van der Waals surface area (Å²) in [5, 5.41) is 2.85. The second-order valence-corrected chi connectivity index (χ2v) is 7.58. The van der Waals surface area contributed by atoms with Crippen molar-refractivity contribution < 1.29 is 23.8 Å². The quantitative estimate of drug-likeness (QED) is 0.594. The van der Waals surface area contributed by atoms with E-state index < -0.39 is 0 Å². The number of nitrogens with one attached hydrogen (secondary N) is 1. The standard InChI is InChI=1S/C26H26N2O5/c1-31-24-17-21(9-12-23(24)33-18-19-5-3-2-4-6-19)25(29)27-22-10-7-20(8-11-22)26(30)28-13-15-32-16-14-28/h2-12,17H,13-16,18H2,1H3,(H,27,29). The van der Waals surface area contributed by atoms with Crippen molar-refractivity contribution in [2.75, 3.05) is 38.7 Å². The molecule has 4 rings (SSSR count). The molecule has 0 bridgehead atoms. The van der Waals surface area contributed by atoms with Crippen molar-refractivity contribution in [2.45, 2.75) is 6.61 Å². The van der Waals surface area contributed by atoms with Crippen LogP contribution in [0.5, 0.6) is 11.5 Å². The number of hydrogen-bond acceptors (Lipinski definition) is 5. The summed E-state index contributed by atoms with van der Waals surface area (Å²) in [6, 6.07) is 21.8. The van der Waals surface area contributed by atoms with Crippen LogP contribution in [0.1, 0.15) is 26.3 Å². The van der Waals surface area contributed by atoms with Crippen LogP contribution in [0.15, 0.2) is 72.8 Å². The Morgan fingerprint density at radius 3 is 2.30 bits per heavy atom. The molecule has 1 N–H and O–H groups in total. The Kier molecular flexibility index (Phi) is 7.22. The predicted molar refractivity (Wildman–Crippen MR) is 125 cm³/mol. The minimum atomic E-state index is -0.282. The van der Waals surface area contributed by atoms with E-state index in [-0.39, 0.29) is 11.8 Å². The molecular weight excluding hydrogens is 420 g/mol. The number of benzene rings is 3. The molecule has 1 aliphatic heterocycles. The summed E-state index contributed by atoms with van der Waals surface area (Å²) in [6.07, 6.45) is 0. The normalized spacial score (nSPS) is 13.3. The fourth-order valence-corrected chi connectivity index (χ4v) is 3.51. The highest BCUT2D eigenvalue weighted by molar-refractivity contribution is 6.05. The molecule has 1 saturated heterocycles. The molecule has 3 aromatic rings. The van der Waals surface area contributed by atoms with Gasteiger partial charge >= 0.3 is 0 Å². The number of ether oxygens (including phenoxy) is 3. The molecule has 1 aliphatic rings. The number of carbonyl (C=O) groups excluding carboxylic acids is 2. The number of methoxy groups -OCH3 is 1. The molecule has 7 heteroatoms. The maximum absolute atomic E-state index is 12.7. The fourth-order valence-electron chi connectivity index (χ4n) is 3.51. The lowest BCUT2D eigenvalue weighted by Gasteiger charge is -2.26. The van der Waals surface area contributed by atoms with Gasteiger partial charge in [-0.3, -0.25) is 9.59 Å². The molecule has 0 radical (unpaired) electrons. The monoisotopic (exact) mass is 446 g/mol. The van der Waals surface area contributed by atoms with Crippen LogP contribution < -0.4 is 14.8 Å². The Labute approximate surface area is 192 Å². The summed E-state index contributed by atoms with van der Waals surface area (Å²) in [6.45, 7) is 2.69. The van der Waals surface area contributed by atoms with Gasteiger partial charge in [0.25, 0.3) is 11.8 Å². The van der Waals surface area contributed by atoms with Gasteiger partial charge < -0.3 is 24.4 Å². The predicted octanol–water partition coefficient (Wildman–Crippen LogP) is 4.00. The first-order valence-corrected chi connectivity index (χ1v) is 10.8. The number of hydrogen-bond donors (Lipinski definition) is 1. The van der Waals surface area contributed by atoms with Crippen molar-refractivity contribution >= 4 is 17.5 Å². The largest absolute Gasteiger partial charge is 0.493 e. The van der Waals surface area contributed by atoms with Crippen molar-refractivity contribution in [1.82, 2.24) is 4.90 Å². The Balaban J connectivity index is 1.38. The third kappa shape index (κ3) is 5.70. The van der Waals surface area contributed by atoms with Crippen molar-refractivity contribution in [1.29, 1.82) is 0 Å². The number of nitrogens with zero attached hydrogens (tertiary/aromatic N) is 1. The zero-order valence-corrected chi connectivity index (χ0v) is 18.5. The SMILES string of the molecule is COc1cc(C(=O)Nc2ccc(C(=O)N3CCOCC3)cc2)ccc1OCc1ccccc1. The summed E-state index contributed by atoms with van der Waals surface area (Å²) in [4.78, 5) is 27.1. The maximum Gasteiger partial charge on any atom is 0.255 e. The Bertz CT molecular complexity index is 1090. The molecule has 0 saturated carbocycles. The third-order valence-corrected chi connectivity index (χ3v) is 5.35. The molecule has 170 valence electrons. The molecular formula is C26H26N2O5. The van der Waals surface area contributed by atoms with Gasteiger partial charge in [0.05, 0.1) is 20.3 Å². The Hall–Kier alpha value is -3.84. The average Bonchev–Trinajstić information content (AvgIpc) is 2.88. The second kappa shape index (κ2) is 10.7. The van der Waals surface area contributed by atoms with Crippen molar-refractivity contribution in [2.24, 2.45) is 0 Å². The summed E-state index contributed by atoms with van der Waals surface area (Å²) < 4.78 is 16.6. The number of rotatable bonds is 7. The summed E-state index contributed by atoms with van der Waals surface area (Å²) in [5.74, 6) is 0.719. The van der Waals surface area contributed by atoms with Gasteiger partial charge in [0, 0.05) is 29.9 Å². The van der Waals surface area contributed by atoms with Gasteiger partial charge in [-0.15, -0.1) is 0 Å². The van der Waals surface area contributed by atoms with Crippen molar-refractivity contribution in [3.8, 4) is 11.5 Å². The van der Waals surface area contributed by atoms with E-state index >= 15 is 0 Å². The van der Waals surface area contributed by atoms with Crippen LogP contribution in [0.2, 0.25) is 0 Å². The van der Waals surface area contributed by atoms with E-state index in [0.717, 1.165) is 5.56 Å². The van der Waals surface area contributed by atoms with Gasteiger partial charge in [0.1, 0.15) is 6.61 Å². The fraction of sp³-hybridized carbons (Fsp3) is 0.231. The van der Waals surface area contributed by atoms with Crippen molar-refractivity contribution in [3.05, 3.63) is 89.5 Å². The van der Waals surface area contributed by atoms with Crippen LogP contribution in [0.25, 0.3) is 0 Å². The van der Waals surface area contributed by atoms with Crippen molar-refractivity contribution in [3.63, 3.8) is 0 Å². The molecule has 0 aliphatic carbocycles. The molecule has 0 atom stereocenters. The van der Waals surface area contributed by atoms with Crippen LogP contribution in [0, 0.1) is 0 Å². The lowest BCUT2D eigenvalue weighted by molar-refractivity contribution is 0.0303. The topological polar surface area (TPSA) is 77.1 Å². The second-order valence-electron chi connectivity index (χ2n) is 7.58.